The number of carboxylic acids is 1. The molecule has 0 unspecified atom stereocenters. The number of methoxy groups -OCH3 is 1. The zero-order valence-corrected chi connectivity index (χ0v) is 8.61. The third-order valence-electron chi connectivity index (χ3n) is 1.74. The van der Waals surface area contributed by atoms with Crippen molar-refractivity contribution >= 4 is 12.1 Å². The molecule has 0 spiro atoms. The van der Waals surface area contributed by atoms with E-state index in [0.717, 1.165) is 7.11 Å². The van der Waals surface area contributed by atoms with Gasteiger partial charge in [-0.2, -0.15) is 8.78 Å². The molecule has 0 heterocycles. The Kier molecular flexibility index (Phi) is 7.10. The molecule has 0 saturated heterocycles. The van der Waals surface area contributed by atoms with Crippen LogP contribution in [0.15, 0.2) is 0 Å². The highest BCUT2D eigenvalue weighted by atomic mass is 19.3. The van der Waals surface area contributed by atoms with Crippen LogP contribution >= 0.6 is 0 Å². The van der Waals surface area contributed by atoms with Gasteiger partial charge in [0.15, 0.2) is 0 Å². The number of aliphatic carboxylic acids is 1. The second-order valence-corrected chi connectivity index (χ2v) is 2.83. The molecule has 0 aliphatic heterocycles. The Morgan fingerprint density at radius 2 is 2.06 bits per heavy atom. The summed E-state index contributed by atoms with van der Waals surface area (Å²) < 4.78 is 31.3. The summed E-state index contributed by atoms with van der Waals surface area (Å²) in [4.78, 5) is 21.3. The second-order valence-electron chi connectivity index (χ2n) is 2.83. The summed E-state index contributed by atoms with van der Waals surface area (Å²) in [6.45, 7) is -3.52. The van der Waals surface area contributed by atoms with Gasteiger partial charge in [-0.05, 0) is 6.42 Å². The molecule has 16 heavy (non-hydrogen) atoms. The van der Waals surface area contributed by atoms with Crippen molar-refractivity contribution in [1.82, 2.24) is 5.32 Å². The fraction of sp³-hybridized carbons (Fsp3) is 0.750. The number of rotatable bonds is 7. The van der Waals surface area contributed by atoms with E-state index >= 15 is 0 Å². The molecular weight excluding hydrogens is 228 g/mol. The predicted octanol–water partition coefficient (Wildman–Crippen LogP) is 0.673. The lowest BCUT2D eigenvalue weighted by Crippen LogP contribution is -2.33. The van der Waals surface area contributed by atoms with Gasteiger partial charge in [-0.25, -0.2) is 4.79 Å². The number of nitrogens with one attached hydrogen (secondary N) is 1. The van der Waals surface area contributed by atoms with E-state index in [2.05, 4.69) is 14.8 Å². The highest BCUT2D eigenvalue weighted by Crippen LogP contribution is 2.05. The zero-order chi connectivity index (χ0) is 12.6. The van der Waals surface area contributed by atoms with E-state index in [1.54, 1.807) is 0 Å². The molecule has 0 aromatic heterocycles. The summed E-state index contributed by atoms with van der Waals surface area (Å²) in [6.07, 6.45) is -0.898. The number of hydrogen-bond acceptors (Lipinski definition) is 4. The van der Waals surface area contributed by atoms with Crippen LogP contribution in [-0.2, 0) is 14.3 Å². The van der Waals surface area contributed by atoms with Gasteiger partial charge in [0.25, 0.3) is 0 Å². The minimum atomic E-state index is -2.93. The molecule has 8 heteroatoms. The maximum Gasteiger partial charge on any atom is 0.406 e. The molecule has 0 aliphatic carbocycles. The molecular formula is C8H13F2NO5. The highest BCUT2D eigenvalue weighted by molar-refractivity contribution is 5.72. The molecule has 0 bridgehead atoms. The summed E-state index contributed by atoms with van der Waals surface area (Å²) in [5.74, 6) is -2.19. The van der Waals surface area contributed by atoms with Crippen molar-refractivity contribution in [2.24, 2.45) is 5.92 Å². The average Bonchev–Trinajstić information content (AvgIpc) is 2.21. The van der Waals surface area contributed by atoms with E-state index in [1.807, 2.05) is 0 Å². The van der Waals surface area contributed by atoms with Gasteiger partial charge in [-0.3, -0.25) is 4.79 Å². The Bertz CT molecular complexity index is 236. The maximum absolute atomic E-state index is 11.6. The number of amides is 1. The van der Waals surface area contributed by atoms with E-state index in [1.165, 1.54) is 0 Å². The summed E-state index contributed by atoms with van der Waals surface area (Å²) in [5.41, 5.74) is 0. The molecule has 1 amide bonds. The average molecular weight is 241 g/mol. The first-order valence-corrected chi connectivity index (χ1v) is 4.41. The van der Waals surface area contributed by atoms with Crippen molar-refractivity contribution in [3.05, 3.63) is 0 Å². The van der Waals surface area contributed by atoms with Gasteiger partial charge in [0.05, 0.1) is 19.6 Å². The summed E-state index contributed by atoms with van der Waals surface area (Å²) >= 11 is 0. The van der Waals surface area contributed by atoms with Gasteiger partial charge in [0, 0.05) is 6.54 Å². The van der Waals surface area contributed by atoms with E-state index in [-0.39, 0.29) is 13.0 Å². The van der Waals surface area contributed by atoms with Crippen LogP contribution in [0.4, 0.5) is 13.6 Å². The molecule has 6 nitrogen and oxygen atoms in total. The Labute approximate surface area is 90.5 Å². The van der Waals surface area contributed by atoms with Crippen LogP contribution in [0.5, 0.6) is 0 Å². The monoisotopic (exact) mass is 241 g/mol. The minimum Gasteiger partial charge on any atom is -0.481 e. The number of carboxylic acid groups (broad SMARTS) is 1. The maximum atomic E-state index is 11.6. The molecule has 94 valence electrons. The van der Waals surface area contributed by atoms with Gasteiger partial charge in [0.1, 0.15) is 0 Å². The van der Waals surface area contributed by atoms with Crippen molar-refractivity contribution in [2.75, 3.05) is 20.3 Å². The molecule has 0 fully saturated rings. The van der Waals surface area contributed by atoms with E-state index in [0.29, 0.717) is 0 Å². The van der Waals surface area contributed by atoms with Crippen molar-refractivity contribution in [3.63, 3.8) is 0 Å². The van der Waals surface area contributed by atoms with Crippen molar-refractivity contribution in [3.8, 4) is 0 Å². The number of carbonyl (C=O) groups is 2. The van der Waals surface area contributed by atoms with Gasteiger partial charge in [-0.15, -0.1) is 0 Å². The van der Waals surface area contributed by atoms with Crippen LogP contribution in [0.2, 0.25) is 0 Å². The van der Waals surface area contributed by atoms with Crippen LogP contribution in [-0.4, -0.2) is 44.0 Å². The third-order valence-corrected chi connectivity index (χ3v) is 1.74. The van der Waals surface area contributed by atoms with Crippen molar-refractivity contribution in [2.45, 2.75) is 13.0 Å². The Morgan fingerprint density at radius 1 is 1.44 bits per heavy atom. The SMILES string of the molecule is COC(=O)NC[C@@H](CCOC(F)F)C(=O)O. The first-order valence-electron chi connectivity index (χ1n) is 4.41. The molecule has 0 aromatic rings. The van der Waals surface area contributed by atoms with Crippen LogP contribution < -0.4 is 5.32 Å². The fourth-order valence-electron chi connectivity index (χ4n) is 0.891. The molecule has 2 N–H and O–H groups in total. The van der Waals surface area contributed by atoms with Crippen LogP contribution in [0.25, 0.3) is 0 Å². The highest BCUT2D eigenvalue weighted by Gasteiger charge is 2.19. The zero-order valence-electron chi connectivity index (χ0n) is 8.61. The van der Waals surface area contributed by atoms with E-state index in [9.17, 15) is 18.4 Å². The van der Waals surface area contributed by atoms with Crippen LogP contribution in [0.1, 0.15) is 6.42 Å². The Morgan fingerprint density at radius 3 is 2.50 bits per heavy atom. The molecule has 0 aromatic carbocycles. The van der Waals surface area contributed by atoms with Gasteiger partial charge in [0.2, 0.25) is 0 Å². The first kappa shape index (κ1) is 14.6. The van der Waals surface area contributed by atoms with E-state index < -0.39 is 31.2 Å². The fourth-order valence-corrected chi connectivity index (χ4v) is 0.891. The summed E-state index contributed by atoms with van der Waals surface area (Å²) in [6, 6.07) is 0. The lowest BCUT2D eigenvalue weighted by molar-refractivity contribution is -0.148. The minimum absolute atomic E-state index is 0.121. The Hall–Kier alpha value is -1.44. The smallest absolute Gasteiger partial charge is 0.406 e. The van der Waals surface area contributed by atoms with Crippen molar-refractivity contribution in [1.29, 1.82) is 0 Å². The van der Waals surface area contributed by atoms with Crippen molar-refractivity contribution < 1.29 is 33.0 Å². The van der Waals surface area contributed by atoms with Gasteiger partial charge in [-0.1, -0.05) is 0 Å². The summed E-state index contributed by atoms with van der Waals surface area (Å²) in [7, 11) is 1.13. The van der Waals surface area contributed by atoms with Crippen LogP contribution in [0.3, 0.4) is 0 Å². The van der Waals surface area contributed by atoms with E-state index in [4.69, 9.17) is 5.11 Å². The predicted molar refractivity (Wildman–Crippen MR) is 48.1 cm³/mol. The normalized spacial score (nSPS) is 12.2. The molecule has 0 radical (unpaired) electrons. The van der Waals surface area contributed by atoms with Crippen LogP contribution in [0, 0.1) is 5.92 Å². The quantitative estimate of drug-likeness (QED) is 0.684. The number of halogens is 2. The first-order chi connectivity index (χ1) is 7.47. The Balaban J connectivity index is 3.89. The molecule has 1 atom stereocenters. The molecule has 0 aliphatic rings. The number of alkyl carbamates (subject to hydrolysis) is 1. The second kappa shape index (κ2) is 7.80. The number of ether oxygens (including phenoxy) is 2. The largest absolute Gasteiger partial charge is 0.481 e. The number of carbonyl (C=O) groups excluding carboxylic acids is 1. The lowest BCUT2D eigenvalue weighted by Gasteiger charge is -2.12. The third kappa shape index (κ3) is 6.93. The molecule has 0 saturated carbocycles. The number of alkyl halides is 2. The molecule has 0 rings (SSSR count). The standard InChI is InChI=1S/C8H13F2NO5/c1-15-8(14)11-4-5(6(12)13)2-3-16-7(9)10/h5,7H,2-4H2,1H3,(H,11,14)(H,12,13)/t5-/m1/s1. The number of hydrogen-bond donors (Lipinski definition) is 2. The van der Waals surface area contributed by atoms with Gasteiger partial charge >= 0.3 is 18.7 Å². The topological polar surface area (TPSA) is 84.9 Å². The summed E-state index contributed by atoms with van der Waals surface area (Å²) in [5, 5.41) is 10.9. The lowest BCUT2D eigenvalue weighted by atomic mass is 10.1. The van der Waals surface area contributed by atoms with Gasteiger partial charge < -0.3 is 19.9 Å².